The summed E-state index contributed by atoms with van der Waals surface area (Å²) >= 11 is 0. The molecule has 0 aliphatic heterocycles. The number of carbonyl (C=O) groups excluding carboxylic acids is 2. The fourth-order valence-corrected chi connectivity index (χ4v) is 2.79. The average molecular weight is 391 g/mol. The molecule has 1 N–H and O–H groups in total. The molecule has 1 aromatic heterocycles. The van der Waals surface area contributed by atoms with Crippen LogP contribution in [0.3, 0.4) is 0 Å². The third kappa shape index (κ3) is 4.57. The molecule has 0 atom stereocenters. The lowest BCUT2D eigenvalue weighted by Crippen LogP contribution is -2.29. The Morgan fingerprint density at radius 1 is 1.03 bits per heavy atom. The number of rotatable bonds is 5. The molecule has 3 aromatic rings. The molecule has 29 heavy (non-hydrogen) atoms. The van der Waals surface area contributed by atoms with Crippen LogP contribution in [0.25, 0.3) is 0 Å². The van der Waals surface area contributed by atoms with E-state index in [9.17, 15) is 14.4 Å². The molecule has 0 aliphatic rings. The summed E-state index contributed by atoms with van der Waals surface area (Å²) in [5.74, 6) is -0.925. The SMILES string of the molecule is Cc1nn(C)c(=O)c(C(=O)OCc2ccc(C(=O)Nc3ccccc3)cc2)c1C. The monoisotopic (exact) mass is 391 g/mol. The summed E-state index contributed by atoms with van der Waals surface area (Å²) in [6.07, 6.45) is 0. The summed E-state index contributed by atoms with van der Waals surface area (Å²) in [4.78, 5) is 36.9. The Morgan fingerprint density at radius 3 is 2.34 bits per heavy atom. The number of hydrogen-bond donors (Lipinski definition) is 1. The largest absolute Gasteiger partial charge is 0.457 e. The summed E-state index contributed by atoms with van der Waals surface area (Å²) in [5.41, 5.74) is 2.48. The first-order valence-corrected chi connectivity index (χ1v) is 9.04. The van der Waals surface area contributed by atoms with Gasteiger partial charge in [-0.1, -0.05) is 30.3 Å². The van der Waals surface area contributed by atoms with Gasteiger partial charge in [0, 0.05) is 18.3 Å². The van der Waals surface area contributed by atoms with Crippen molar-refractivity contribution < 1.29 is 14.3 Å². The lowest BCUT2D eigenvalue weighted by molar-refractivity contribution is 0.0468. The first kappa shape index (κ1) is 20.0. The van der Waals surface area contributed by atoms with Crippen molar-refractivity contribution in [3.8, 4) is 0 Å². The van der Waals surface area contributed by atoms with Crippen molar-refractivity contribution in [3.63, 3.8) is 0 Å². The second-order valence-corrected chi connectivity index (χ2v) is 6.61. The van der Waals surface area contributed by atoms with Gasteiger partial charge < -0.3 is 10.1 Å². The standard InChI is InChI=1S/C22H21N3O4/c1-14-15(2)24-25(3)21(27)19(14)22(28)29-13-16-9-11-17(12-10-16)20(26)23-18-7-5-4-6-8-18/h4-12H,13H2,1-3H3,(H,23,26). The van der Waals surface area contributed by atoms with Crippen LogP contribution in [0.2, 0.25) is 0 Å². The van der Waals surface area contributed by atoms with Crippen molar-refractivity contribution in [1.29, 1.82) is 0 Å². The molecule has 0 spiro atoms. The summed E-state index contributed by atoms with van der Waals surface area (Å²) in [5, 5.41) is 6.85. The molecule has 0 unspecified atom stereocenters. The maximum absolute atomic E-state index is 12.4. The highest BCUT2D eigenvalue weighted by atomic mass is 16.5. The zero-order valence-corrected chi connectivity index (χ0v) is 16.4. The average Bonchev–Trinajstić information content (AvgIpc) is 2.72. The predicted molar refractivity (Wildman–Crippen MR) is 109 cm³/mol. The van der Waals surface area contributed by atoms with Crippen molar-refractivity contribution in [2.24, 2.45) is 7.05 Å². The van der Waals surface area contributed by atoms with Gasteiger partial charge in [-0.2, -0.15) is 5.10 Å². The van der Waals surface area contributed by atoms with E-state index in [1.807, 2.05) is 18.2 Å². The molecule has 1 heterocycles. The van der Waals surface area contributed by atoms with Gasteiger partial charge in [0.25, 0.3) is 11.5 Å². The number of esters is 1. The van der Waals surface area contributed by atoms with Crippen LogP contribution in [0.1, 0.15) is 37.5 Å². The number of hydrogen-bond acceptors (Lipinski definition) is 5. The molecule has 7 heteroatoms. The van der Waals surface area contributed by atoms with E-state index in [1.165, 1.54) is 7.05 Å². The molecular weight excluding hydrogens is 370 g/mol. The molecule has 0 bridgehead atoms. The number of nitrogens with one attached hydrogen (secondary N) is 1. The van der Waals surface area contributed by atoms with E-state index in [4.69, 9.17) is 4.74 Å². The van der Waals surface area contributed by atoms with Gasteiger partial charge in [0.15, 0.2) is 0 Å². The Balaban J connectivity index is 1.66. The minimum atomic E-state index is -0.695. The molecule has 0 saturated heterocycles. The van der Waals surface area contributed by atoms with Gasteiger partial charge in [-0.3, -0.25) is 9.59 Å². The minimum absolute atomic E-state index is 0.0105. The van der Waals surface area contributed by atoms with Crippen molar-refractivity contribution in [2.45, 2.75) is 20.5 Å². The fourth-order valence-electron chi connectivity index (χ4n) is 2.79. The molecule has 0 aliphatic carbocycles. The van der Waals surface area contributed by atoms with Crippen LogP contribution in [-0.4, -0.2) is 21.7 Å². The summed E-state index contributed by atoms with van der Waals surface area (Å²) in [6.45, 7) is 3.38. The number of anilines is 1. The fraction of sp³-hybridized carbons (Fsp3) is 0.182. The van der Waals surface area contributed by atoms with Gasteiger partial charge in [0.1, 0.15) is 12.2 Å². The molecule has 1 amide bonds. The molecule has 0 radical (unpaired) electrons. The Labute approximate surface area is 168 Å². The van der Waals surface area contributed by atoms with Gasteiger partial charge in [-0.25, -0.2) is 9.48 Å². The minimum Gasteiger partial charge on any atom is -0.457 e. The smallest absolute Gasteiger partial charge is 0.344 e. The number of amides is 1. The highest BCUT2D eigenvalue weighted by Gasteiger charge is 2.19. The van der Waals surface area contributed by atoms with Crippen molar-refractivity contribution in [2.75, 3.05) is 5.32 Å². The Morgan fingerprint density at radius 2 is 1.69 bits per heavy atom. The van der Waals surface area contributed by atoms with Gasteiger partial charge in [-0.15, -0.1) is 0 Å². The van der Waals surface area contributed by atoms with Crippen molar-refractivity contribution >= 4 is 17.6 Å². The van der Waals surface area contributed by atoms with Crippen LogP contribution in [0.4, 0.5) is 5.69 Å². The van der Waals surface area contributed by atoms with Crippen LogP contribution in [0.15, 0.2) is 59.4 Å². The first-order chi connectivity index (χ1) is 13.9. The Kier molecular flexibility index (Phi) is 5.87. The second-order valence-electron chi connectivity index (χ2n) is 6.61. The Hall–Kier alpha value is -3.74. The zero-order chi connectivity index (χ0) is 21.0. The van der Waals surface area contributed by atoms with E-state index in [1.54, 1.807) is 50.2 Å². The summed E-state index contributed by atoms with van der Waals surface area (Å²) < 4.78 is 6.43. The molecule has 148 valence electrons. The Bertz CT molecular complexity index is 1100. The third-order valence-electron chi connectivity index (χ3n) is 4.55. The summed E-state index contributed by atoms with van der Waals surface area (Å²) in [6, 6.07) is 15.9. The predicted octanol–water partition coefficient (Wildman–Crippen LogP) is 3.01. The number of nitrogens with zero attached hydrogens (tertiary/aromatic N) is 2. The number of para-hydroxylation sites is 1. The van der Waals surface area contributed by atoms with Crippen LogP contribution in [0.5, 0.6) is 0 Å². The quantitative estimate of drug-likeness (QED) is 0.675. The lowest BCUT2D eigenvalue weighted by Gasteiger charge is -2.10. The lowest BCUT2D eigenvalue weighted by atomic mass is 10.1. The summed E-state index contributed by atoms with van der Waals surface area (Å²) in [7, 11) is 1.49. The van der Waals surface area contributed by atoms with E-state index >= 15 is 0 Å². The van der Waals surface area contributed by atoms with Crippen LogP contribution >= 0.6 is 0 Å². The molecule has 0 fully saturated rings. The van der Waals surface area contributed by atoms with Gasteiger partial charge in [0.2, 0.25) is 0 Å². The number of benzene rings is 2. The molecule has 0 saturated carbocycles. The number of carbonyl (C=O) groups is 2. The molecule has 7 nitrogen and oxygen atoms in total. The van der Waals surface area contributed by atoms with Crippen molar-refractivity contribution in [3.05, 3.63) is 92.9 Å². The maximum Gasteiger partial charge on any atom is 0.344 e. The maximum atomic E-state index is 12.4. The highest BCUT2D eigenvalue weighted by Crippen LogP contribution is 2.12. The topological polar surface area (TPSA) is 90.3 Å². The number of aryl methyl sites for hydroxylation is 2. The second kappa shape index (κ2) is 8.52. The first-order valence-electron chi connectivity index (χ1n) is 9.04. The number of ether oxygens (including phenoxy) is 1. The number of aromatic nitrogens is 2. The van der Waals surface area contributed by atoms with Crippen LogP contribution < -0.4 is 10.9 Å². The molecule has 2 aromatic carbocycles. The van der Waals surface area contributed by atoms with Crippen LogP contribution in [0, 0.1) is 13.8 Å². The molecular formula is C22H21N3O4. The van der Waals surface area contributed by atoms with E-state index in [0.29, 0.717) is 28.1 Å². The van der Waals surface area contributed by atoms with E-state index in [0.717, 1.165) is 4.68 Å². The van der Waals surface area contributed by atoms with Crippen molar-refractivity contribution in [1.82, 2.24) is 9.78 Å². The normalized spacial score (nSPS) is 10.4. The van der Waals surface area contributed by atoms with E-state index < -0.39 is 11.5 Å². The van der Waals surface area contributed by atoms with Gasteiger partial charge in [-0.05, 0) is 49.2 Å². The highest BCUT2D eigenvalue weighted by molar-refractivity contribution is 6.04. The zero-order valence-electron chi connectivity index (χ0n) is 16.4. The van der Waals surface area contributed by atoms with E-state index in [2.05, 4.69) is 10.4 Å². The third-order valence-corrected chi connectivity index (χ3v) is 4.55. The van der Waals surface area contributed by atoms with Crippen LogP contribution in [-0.2, 0) is 18.4 Å². The molecule has 3 rings (SSSR count). The van der Waals surface area contributed by atoms with E-state index in [-0.39, 0.29) is 18.1 Å². The van der Waals surface area contributed by atoms with Gasteiger partial charge >= 0.3 is 5.97 Å². The van der Waals surface area contributed by atoms with Gasteiger partial charge in [0.05, 0.1) is 5.69 Å².